The molecule has 15 heavy (non-hydrogen) atoms. The zero-order chi connectivity index (χ0) is 11.3. The monoisotopic (exact) mass is 232 g/mol. The summed E-state index contributed by atoms with van der Waals surface area (Å²) in [6, 6.07) is 0. The molecule has 0 amide bonds. The van der Waals surface area contributed by atoms with Crippen LogP contribution in [0.15, 0.2) is 0 Å². The normalized spacial score (nSPS) is 50.9. The van der Waals surface area contributed by atoms with Crippen LogP contribution in [0, 0.1) is 11.3 Å². The molecule has 1 saturated carbocycles. The van der Waals surface area contributed by atoms with Gasteiger partial charge in [0.25, 0.3) is 0 Å². The molecule has 3 rings (SSSR count). The first-order valence-electron chi connectivity index (χ1n) is 5.79. The predicted molar refractivity (Wildman–Crippen MR) is 60.4 cm³/mol. The van der Waals surface area contributed by atoms with E-state index in [0.717, 1.165) is 12.8 Å². The summed E-state index contributed by atoms with van der Waals surface area (Å²) in [6.45, 7) is 6.22. The maximum absolute atomic E-state index is 12.6. The highest BCUT2D eigenvalue weighted by atomic mass is 31.2. The highest BCUT2D eigenvalue weighted by molar-refractivity contribution is 7.60. The Balaban J connectivity index is 2.08. The molecule has 4 heteroatoms. The summed E-state index contributed by atoms with van der Waals surface area (Å²) in [5.41, 5.74) is 0.662. The first kappa shape index (κ1) is 11.6. The number of hydrogen-bond donors (Lipinski definition) is 1. The lowest BCUT2D eigenvalue weighted by Crippen LogP contribution is -2.53. The van der Waals surface area contributed by atoms with Gasteiger partial charge >= 0.3 is 0 Å². The third-order valence-corrected chi connectivity index (χ3v) is 7.67. The SMILES string of the molecule is CC(CO)OP1(=O)CC[C@]2(C)CC1[C@H]2C. The van der Waals surface area contributed by atoms with E-state index in [2.05, 4.69) is 13.8 Å². The standard InChI is InChI=1S/C11H21O3P/c1-8(7-12)14-15(13)5-4-11(3)6-10(15)9(11)2/h8-10,12H,4-7H2,1-3H3/t8?,9-,10?,11-,15?/m1/s1. The van der Waals surface area contributed by atoms with Gasteiger partial charge in [-0.3, -0.25) is 4.57 Å². The van der Waals surface area contributed by atoms with Gasteiger partial charge in [-0.15, -0.1) is 0 Å². The molecule has 3 nitrogen and oxygen atoms in total. The Bertz CT molecular complexity index is 300. The van der Waals surface area contributed by atoms with Crippen LogP contribution in [0.3, 0.4) is 0 Å². The molecule has 0 radical (unpaired) electrons. The lowest BCUT2D eigenvalue weighted by molar-refractivity contribution is 0.0318. The number of rotatable bonds is 3. The van der Waals surface area contributed by atoms with Crippen LogP contribution in [0.25, 0.3) is 0 Å². The molecule has 1 N–H and O–H groups in total. The van der Waals surface area contributed by atoms with Gasteiger partial charge in [0.2, 0.25) is 7.37 Å². The van der Waals surface area contributed by atoms with E-state index in [4.69, 9.17) is 9.63 Å². The molecular weight excluding hydrogens is 211 g/mol. The highest BCUT2D eigenvalue weighted by Crippen LogP contribution is 2.73. The van der Waals surface area contributed by atoms with E-state index < -0.39 is 7.37 Å². The van der Waals surface area contributed by atoms with E-state index in [1.54, 1.807) is 6.92 Å². The van der Waals surface area contributed by atoms with Crippen molar-refractivity contribution in [3.05, 3.63) is 0 Å². The third kappa shape index (κ3) is 1.69. The maximum Gasteiger partial charge on any atom is 0.206 e. The summed E-state index contributed by atoms with van der Waals surface area (Å²) in [6.07, 6.45) is 2.49. The molecule has 3 aliphatic rings. The van der Waals surface area contributed by atoms with Crippen molar-refractivity contribution in [1.82, 2.24) is 0 Å². The van der Waals surface area contributed by atoms with Crippen LogP contribution in [0.2, 0.25) is 0 Å². The van der Waals surface area contributed by atoms with Crippen molar-refractivity contribution in [1.29, 1.82) is 0 Å². The molecule has 1 aliphatic carbocycles. The second kappa shape index (κ2) is 3.58. The van der Waals surface area contributed by atoms with Crippen molar-refractivity contribution in [2.24, 2.45) is 11.3 Å². The largest absolute Gasteiger partial charge is 0.394 e. The van der Waals surface area contributed by atoms with Crippen molar-refractivity contribution in [3.8, 4) is 0 Å². The zero-order valence-electron chi connectivity index (χ0n) is 9.77. The maximum atomic E-state index is 12.6. The molecule has 3 fully saturated rings. The molecule has 88 valence electrons. The Morgan fingerprint density at radius 2 is 2.33 bits per heavy atom. The summed E-state index contributed by atoms with van der Waals surface area (Å²) in [4.78, 5) is 0. The first-order valence-corrected chi connectivity index (χ1v) is 7.67. The van der Waals surface area contributed by atoms with E-state index in [0.29, 0.717) is 17.5 Å². The molecule has 5 atom stereocenters. The molecule has 0 aromatic heterocycles. The quantitative estimate of drug-likeness (QED) is 0.760. The van der Waals surface area contributed by atoms with Gasteiger partial charge in [0.1, 0.15) is 0 Å². The van der Waals surface area contributed by atoms with Crippen molar-refractivity contribution in [2.45, 2.75) is 45.4 Å². The van der Waals surface area contributed by atoms with Crippen molar-refractivity contribution in [2.75, 3.05) is 12.8 Å². The van der Waals surface area contributed by atoms with E-state index in [1.807, 2.05) is 0 Å². The second-order valence-electron chi connectivity index (χ2n) is 5.51. The summed E-state index contributed by atoms with van der Waals surface area (Å²) in [5.74, 6) is 0.517. The minimum absolute atomic E-state index is 0.0393. The van der Waals surface area contributed by atoms with Gasteiger partial charge in [-0.05, 0) is 31.1 Å². The highest BCUT2D eigenvalue weighted by Gasteiger charge is 2.60. The van der Waals surface area contributed by atoms with Crippen LogP contribution in [0.4, 0.5) is 0 Å². The van der Waals surface area contributed by atoms with Gasteiger partial charge in [-0.25, -0.2) is 0 Å². The molecule has 2 bridgehead atoms. The Kier molecular flexibility index (Phi) is 2.77. The van der Waals surface area contributed by atoms with Gasteiger partial charge < -0.3 is 9.63 Å². The van der Waals surface area contributed by atoms with Gasteiger partial charge in [0, 0.05) is 11.8 Å². The summed E-state index contributed by atoms with van der Waals surface area (Å²) < 4.78 is 18.2. The molecule has 2 aliphatic heterocycles. The van der Waals surface area contributed by atoms with Gasteiger partial charge in [0.15, 0.2) is 0 Å². The average molecular weight is 232 g/mol. The van der Waals surface area contributed by atoms with Crippen molar-refractivity contribution >= 4 is 7.37 Å². The van der Waals surface area contributed by atoms with E-state index >= 15 is 0 Å². The first-order chi connectivity index (χ1) is 6.91. The van der Waals surface area contributed by atoms with Crippen LogP contribution in [-0.2, 0) is 9.09 Å². The number of aliphatic hydroxyl groups is 1. The Morgan fingerprint density at radius 1 is 1.67 bits per heavy atom. The molecule has 0 aromatic carbocycles. The molecule has 0 aromatic rings. The summed E-state index contributed by atoms with van der Waals surface area (Å²) in [7, 11) is -2.47. The van der Waals surface area contributed by atoms with Crippen molar-refractivity contribution < 1.29 is 14.2 Å². The molecule has 0 spiro atoms. The van der Waals surface area contributed by atoms with Crippen molar-refractivity contribution in [3.63, 3.8) is 0 Å². The average Bonchev–Trinajstić information content (AvgIpc) is 2.21. The van der Waals surface area contributed by atoms with Gasteiger partial charge in [0.05, 0.1) is 12.7 Å². The fraction of sp³-hybridized carbons (Fsp3) is 1.00. The second-order valence-corrected chi connectivity index (χ2v) is 8.29. The lowest BCUT2D eigenvalue weighted by atomic mass is 9.60. The molecule has 2 saturated heterocycles. The summed E-state index contributed by atoms with van der Waals surface area (Å²) >= 11 is 0. The van der Waals surface area contributed by atoms with Crippen LogP contribution >= 0.6 is 7.37 Å². The number of aliphatic hydroxyl groups excluding tert-OH is 1. The lowest BCUT2D eigenvalue weighted by Gasteiger charge is -2.59. The van der Waals surface area contributed by atoms with Gasteiger partial charge in [-0.1, -0.05) is 13.8 Å². The Morgan fingerprint density at radius 3 is 2.80 bits per heavy atom. The predicted octanol–water partition coefficient (Wildman–Crippen LogP) is 2.48. The molecule has 3 unspecified atom stereocenters. The van der Waals surface area contributed by atoms with E-state index in [1.165, 1.54) is 0 Å². The number of hydrogen-bond acceptors (Lipinski definition) is 3. The summed E-state index contributed by atoms with van der Waals surface area (Å²) in [5, 5.41) is 8.95. The van der Waals surface area contributed by atoms with E-state index in [9.17, 15) is 4.57 Å². The van der Waals surface area contributed by atoms with Gasteiger partial charge in [-0.2, -0.15) is 0 Å². The van der Waals surface area contributed by atoms with Crippen LogP contribution < -0.4 is 0 Å². The van der Waals surface area contributed by atoms with Crippen LogP contribution in [0.5, 0.6) is 0 Å². The topological polar surface area (TPSA) is 46.5 Å². The Hall–Kier alpha value is 0.150. The smallest absolute Gasteiger partial charge is 0.206 e. The fourth-order valence-electron chi connectivity index (χ4n) is 3.00. The number of fused-ring (bicyclic) bond motifs is 2. The van der Waals surface area contributed by atoms with Crippen LogP contribution in [0.1, 0.15) is 33.6 Å². The minimum atomic E-state index is -2.47. The van der Waals surface area contributed by atoms with E-state index in [-0.39, 0.29) is 18.4 Å². The fourth-order valence-corrected chi connectivity index (χ4v) is 6.83. The molecule has 2 heterocycles. The van der Waals surface area contributed by atoms with Crippen LogP contribution in [-0.4, -0.2) is 29.6 Å². The minimum Gasteiger partial charge on any atom is -0.394 e. The zero-order valence-corrected chi connectivity index (χ0v) is 10.7. The third-order valence-electron chi connectivity index (χ3n) is 4.47. The molecular formula is C11H21O3P. The Labute approximate surface area is 91.7 Å².